The highest BCUT2D eigenvalue weighted by molar-refractivity contribution is 5.98. The van der Waals surface area contributed by atoms with E-state index in [1.54, 1.807) is 0 Å². The quantitative estimate of drug-likeness (QED) is 0.130. The molecule has 0 bridgehead atoms. The minimum absolute atomic E-state index is 0.536. The molecule has 448 valence electrons. The summed E-state index contributed by atoms with van der Waals surface area (Å²) in [7, 11) is 0. The lowest BCUT2D eigenvalue weighted by Gasteiger charge is -2.10. The number of aromatic nitrogens is 10. The third-order valence-corrected chi connectivity index (χ3v) is 17.4. The van der Waals surface area contributed by atoms with Gasteiger partial charge in [-0.05, 0) is 111 Å². The van der Waals surface area contributed by atoms with Crippen molar-refractivity contribution in [1.29, 1.82) is 0 Å². The molecule has 0 unspecified atom stereocenters. The van der Waals surface area contributed by atoms with Gasteiger partial charge in [-0.3, -0.25) is 0 Å². The molecule has 12 aromatic carbocycles. The molecule has 0 radical (unpaired) electrons. The minimum Gasteiger partial charge on any atom is -0.248 e. The molecule has 18 rings (SSSR count). The first-order valence-corrected chi connectivity index (χ1v) is 31.8. The van der Waals surface area contributed by atoms with Crippen LogP contribution in [0, 0.1) is 0 Å². The standard InChI is InChI=1S/2C43H27N5/c1-3-11-30(12-4-1)41-46-42(31-13-5-2-6-14-31)48-43(47-41)39-25-20-29-18-19-33(27-40(29)45-39)32-21-23-37-34(26-32)22-24-38(44-37)36-17-9-15-28-10-7-8-16-35(28)36;1-3-10-30(11-4-1)41-46-42(31-12-5-2-6-13-31)48-43(47-41)39-24-19-29-16-17-34(27-40(29)45-39)33-20-22-37-36(26-33)21-23-38(44-37)35-18-15-28-9-7-8-14-32(28)25-35/h2*1-27H. The van der Waals surface area contributed by atoms with Gasteiger partial charge in [-0.1, -0.05) is 261 Å². The molecule has 6 aromatic heterocycles. The summed E-state index contributed by atoms with van der Waals surface area (Å²) in [6, 6.07) is 112. The van der Waals surface area contributed by atoms with Crippen LogP contribution in [0.3, 0.4) is 0 Å². The molecule has 0 aliphatic carbocycles. The monoisotopic (exact) mass is 1230 g/mol. The lowest BCUT2D eigenvalue weighted by atomic mass is 9.99. The van der Waals surface area contributed by atoms with Crippen molar-refractivity contribution >= 4 is 65.2 Å². The van der Waals surface area contributed by atoms with E-state index in [0.29, 0.717) is 46.3 Å². The molecule has 0 amide bonds. The van der Waals surface area contributed by atoms with E-state index in [4.69, 9.17) is 49.8 Å². The van der Waals surface area contributed by atoms with E-state index >= 15 is 0 Å². The van der Waals surface area contributed by atoms with Gasteiger partial charge in [0.25, 0.3) is 0 Å². The number of nitrogens with zero attached hydrogens (tertiary/aromatic N) is 10. The first-order chi connectivity index (χ1) is 47.5. The van der Waals surface area contributed by atoms with Crippen molar-refractivity contribution in [1.82, 2.24) is 49.8 Å². The van der Waals surface area contributed by atoms with Gasteiger partial charge in [0.05, 0.1) is 33.5 Å². The Morgan fingerprint density at radius 1 is 0.146 bits per heavy atom. The second-order valence-electron chi connectivity index (χ2n) is 23.6. The van der Waals surface area contributed by atoms with Gasteiger partial charge < -0.3 is 0 Å². The largest absolute Gasteiger partial charge is 0.248 e. The minimum atomic E-state index is 0.536. The second-order valence-corrected chi connectivity index (χ2v) is 23.6. The summed E-state index contributed by atoms with van der Waals surface area (Å²) in [5, 5.41) is 9.13. The topological polar surface area (TPSA) is 129 Å². The highest BCUT2D eigenvalue weighted by Gasteiger charge is 2.17. The van der Waals surface area contributed by atoms with Gasteiger partial charge in [-0.25, -0.2) is 49.8 Å². The molecule has 96 heavy (non-hydrogen) atoms. The van der Waals surface area contributed by atoms with Crippen molar-refractivity contribution in [2.45, 2.75) is 0 Å². The maximum atomic E-state index is 5.07. The summed E-state index contributed by atoms with van der Waals surface area (Å²) in [4.78, 5) is 49.3. The number of benzene rings is 12. The van der Waals surface area contributed by atoms with E-state index in [1.807, 2.05) is 133 Å². The Morgan fingerprint density at radius 2 is 0.479 bits per heavy atom. The number of hydrogen-bond acceptors (Lipinski definition) is 10. The molecule has 0 saturated carbocycles. The SMILES string of the molecule is c1ccc(-c2nc(-c3ccccc3)nc(-c3ccc4ccc(-c5ccc6nc(-c7ccc8ccccc8c7)ccc6c5)cc4n3)n2)cc1.c1ccc(-c2nc(-c3ccccc3)nc(-c3ccc4ccc(-c5ccc6nc(-c7cccc8ccccc78)ccc6c5)cc4n3)n2)cc1. The molecular formula is C86H54N10. The first-order valence-electron chi connectivity index (χ1n) is 31.8. The lowest BCUT2D eigenvalue weighted by molar-refractivity contribution is 1.06. The summed E-state index contributed by atoms with van der Waals surface area (Å²) in [6.07, 6.45) is 0. The molecule has 10 heteroatoms. The van der Waals surface area contributed by atoms with Gasteiger partial charge in [-0.2, -0.15) is 0 Å². The van der Waals surface area contributed by atoms with Crippen LogP contribution >= 0.6 is 0 Å². The molecule has 0 N–H and O–H groups in total. The Labute approximate surface area is 552 Å². The average molecular weight is 1230 g/mol. The van der Waals surface area contributed by atoms with Crippen LogP contribution in [-0.4, -0.2) is 49.8 Å². The highest BCUT2D eigenvalue weighted by atomic mass is 15.1. The molecule has 0 atom stereocenters. The van der Waals surface area contributed by atoms with E-state index in [0.717, 1.165) is 111 Å². The van der Waals surface area contributed by atoms with Gasteiger partial charge >= 0.3 is 0 Å². The Morgan fingerprint density at radius 3 is 0.990 bits per heavy atom. The van der Waals surface area contributed by atoms with E-state index in [-0.39, 0.29) is 0 Å². The van der Waals surface area contributed by atoms with Crippen LogP contribution in [-0.2, 0) is 0 Å². The molecule has 6 heterocycles. The summed E-state index contributed by atoms with van der Waals surface area (Å²) in [5.74, 6) is 3.53. The Kier molecular flexibility index (Phi) is 14.7. The lowest BCUT2D eigenvalue weighted by Crippen LogP contribution is -2.01. The fourth-order valence-electron chi connectivity index (χ4n) is 12.4. The summed E-state index contributed by atoms with van der Waals surface area (Å²) in [5.41, 5.74) is 17.3. The zero-order valence-electron chi connectivity index (χ0n) is 51.6. The van der Waals surface area contributed by atoms with E-state index in [2.05, 4.69) is 194 Å². The second kappa shape index (κ2) is 24.8. The molecule has 18 aromatic rings. The van der Waals surface area contributed by atoms with E-state index < -0.39 is 0 Å². The van der Waals surface area contributed by atoms with Crippen LogP contribution in [0.25, 0.3) is 179 Å². The van der Waals surface area contributed by atoms with E-state index in [1.165, 1.54) is 21.5 Å². The average Bonchev–Trinajstić information content (AvgIpc) is 0.892. The van der Waals surface area contributed by atoms with Crippen molar-refractivity contribution in [3.8, 4) is 113 Å². The van der Waals surface area contributed by atoms with Crippen LogP contribution in [0.5, 0.6) is 0 Å². The Hall–Kier alpha value is -13.2. The number of pyridine rings is 4. The fourth-order valence-corrected chi connectivity index (χ4v) is 12.4. The van der Waals surface area contributed by atoms with Crippen LogP contribution < -0.4 is 0 Å². The van der Waals surface area contributed by atoms with Gasteiger partial charge in [0.2, 0.25) is 0 Å². The van der Waals surface area contributed by atoms with Crippen molar-refractivity contribution in [3.05, 3.63) is 328 Å². The van der Waals surface area contributed by atoms with E-state index in [9.17, 15) is 0 Å². The van der Waals surface area contributed by atoms with Crippen LogP contribution in [0.2, 0.25) is 0 Å². The predicted molar refractivity (Wildman–Crippen MR) is 390 cm³/mol. The Balaban J connectivity index is 0.000000145. The summed E-state index contributed by atoms with van der Waals surface area (Å²) >= 11 is 0. The molecule has 0 fully saturated rings. The molecule has 10 nitrogen and oxygen atoms in total. The molecule has 0 aliphatic rings. The first kappa shape index (κ1) is 56.8. The van der Waals surface area contributed by atoms with Gasteiger partial charge in [0, 0.05) is 54.9 Å². The third kappa shape index (κ3) is 11.5. The molecule has 0 spiro atoms. The number of rotatable bonds is 10. The van der Waals surface area contributed by atoms with Gasteiger partial charge in [0.15, 0.2) is 34.9 Å². The van der Waals surface area contributed by atoms with Gasteiger partial charge in [-0.15, -0.1) is 0 Å². The maximum Gasteiger partial charge on any atom is 0.182 e. The maximum absolute atomic E-state index is 5.07. The third-order valence-electron chi connectivity index (χ3n) is 17.4. The zero-order valence-corrected chi connectivity index (χ0v) is 51.6. The predicted octanol–water partition coefficient (Wildman–Crippen LogP) is 20.9. The molecule has 0 saturated heterocycles. The fraction of sp³-hybridized carbons (Fsp3) is 0. The van der Waals surface area contributed by atoms with Crippen molar-refractivity contribution in [3.63, 3.8) is 0 Å². The van der Waals surface area contributed by atoms with Crippen molar-refractivity contribution in [2.75, 3.05) is 0 Å². The number of hydrogen-bond donors (Lipinski definition) is 0. The zero-order chi connectivity index (χ0) is 63.7. The summed E-state index contributed by atoms with van der Waals surface area (Å²) < 4.78 is 0. The van der Waals surface area contributed by atoms with Crippen molar-refractivity contribution < 1.29 is 0 Å². The van der Waals surface area contributed by atoms with Crippen LogP contribution in [0.15, 0.2) is 328 Å². The number of fused-ring (bicyclic) bond motifs is 6. The normalized spacial score (nSPS) is 11.3. The highest BCUT2D eigenvalue weighted by Crippen LogP contribution is 2.35. The molecule has 0 aliphatic heterocycles. The molecular weight excluding hydrogens is 1170 g/mol. The van der Waals surface area contributed by atoms with Gasteiger partial charge in [0.1, 0.15) is 11.4 Å². The Bertz CT molecular complexity index is 5840. The van der Waals surface area contributed by atoms with Crippen molar-refractivity contribution in [2.24, 2.45) is 0 Å². The smallest absolute Gasteiger partial charge is 0.182 e. The van der Waals surface area contributed by atoms with Crippen LogP contribution in [0.1, 0.15) is 0 Å². The summed E-state index contributed by atoms with van der Waals surface area (Å²) in [6.45, 7) is 0. The van der Waals surface area contributed by atoms with Crippen LogP contribution in [0.4, 0.5) is 0 Å².